The van der Waals surface area contributed by atoms with Crippen molar-refractivity contribution >= 4 is 17.6 Å². The van der Waals surface area contributed by atoms with Gasteiger partial charge in [0.2, 0.25) is 5.91 Å². The first-order valence-corrected chi connectivity index (χ1v) is 6.96. The molecule has 1 aliphatic heterocycles. The van der Waals surface area contributed by atoms with Crippen molar-refractivity contribution in [2.45, 2.75) is 31.4 Å². The molecule has 6 heteroatoms. The zero-order chi connectivity index (χ0) is 15.2. The van der Waals surface area contributed by atoms with Gasteiger partial charge in [0.15, 0.2) is 0 Å². The Balaban J connectivity index is 1.84. The summed E-state index contributed by atoms with van der Waals surface area (Å²) in [7, 11) is 1.37. The Morgan fingerprint density at radius 3 is 2.67 bits per heavy atom. The first kappa shape index (κ1) is 15.5. The summed E-state index contributed by atoms with van der Waals surface area (Å²) in [5, 5.41) is 15.2. The van der Waals surface area contributed by atoms with Crippen LogP contribution < -0.4 is 10.6 Å². The van der Waals surface area contributed by atoms with Crippen LogP contribution in [0.4, 0.5) is 5.69 Å². The number of carbonyl (C=O) groups excluding carboxylic acids is 2. The summed E-state index contributed by atoms with van der Waals surface area (Å²) in [5.41, 5.74) is 1.71. The van der Waals surface area contributed by atoms with Crippen molar-refractivity contribution in [1.29, 1.82) is 0 Å². The summed E-state index contributed by atoms with van der Waals surface area (Å²) in [6.07, 6.45) is 0.924. The van der Waals surface area contributed by atoms with Gasteiger partial charge in [0.25, 0.3) is 0 Å². The molecule has 2 unspecified atom stereocenters. The number of anilines is 1. The Kier molecular flexibility index (Phi) is 5.30. The van der Waals surface area contributed by atoms with Gasteiger partial charge in [0.1, 0.15) is 0 Å². The van der Waals surface area contributed by atoms with Crippen LogP contribution in [0.15, 0.2) is 24.3 Å². The predicted octanol–water partition coefficient (Wildman–Crippen LogP) is 0.453. The molecule has 2 atom stereocenters. The Morgan fingerprint density at radius 1 is 1.38 bits per heavy atom. The molecule has 114 valence electrons. The number of carbonyl (C=O) groups is 2. The number of nitrogens with one attached hydrogen (secondary N) is 2. The molecule has 21 heavy (non-hydrogen) atoms. The van der Waals surface area contributed by atoms with Crippen molar-refractivity contribution < 1.29 is 19.4 Å². The number of amides is 1. The lowest BCUT2D eigenvalue weighted by Crippen LogP contribution is -2.35. The molecule has 0 aromatic heterocycles. The van der Waals surface area contributed by atoms with Crippen molar-refractivity contribution in [3.8, 4) is 0 Å². The van der Waals surface area contributed by atoms with E-state index in [1.54, 1.807) is 12.1 Å². The number of ether oxygens (including phenoxy) is 1. The molecule has 3 N–H and O–H groups in total. The van der Waals surface area contributed by atoms with Gasteiger partial charge < -0.3 is 20.5 Å². The minimum absolute atomic E-state index is 0.145. The minimum Gasteiger partial charge on any atom is -0.469 e. The highest BCUT2D eigenvalue weighted by Crippen LogP contribution is 2.14. The lowest BCUT2D eigenvalue weighted by Gasteiger charge is -2.11. The molecule has 1 aliphatic rings. The van der Waals surface area contributed by atoms with Crippen molar-refractivity contribution in [2.75, 3.05) is 19.0 Å². The standard InChI is InChI=1S/C15H20N2O4/c1-21-14(19)7-4-10-2-5-11(6-3-10)17-15(20)13-8-12(18)9-16-13/h2-3,5-6,12-13,16,18H,4,7-9H2,1H3,(H,17,20). The summed E-state index contributed by atoms with van der Waals surface area (Å²) >= 11 is 0. The second kappa shape index (κ2) is 7.19. The van der Waals surface area contributed by atoms with Gasteiger partial charge in [-0.25, -0.2) is 0 Å². The van der Waals surface area contributed by atoms with Crippen LogP contribution in [0.3, 0.4) is 0 Å². The molecule has 6 nitrogen and oxygen atoms in total. The predicted molar refractivity (Wildman–Crippen MR) is 77.8 cm³/mol. The second-order valence-electron chi connectivity index (χ2n) is 5.11. The van der Waals surface area contributed by atoms with Gasteiger partial charge in [0, 0.05) is 18.7 Å². The van der Waals surface area contributed by atoms with Crippen molar-refractivity contribution in [3.63, 3.8) is 0 Å². The average Bonchev–Trinajstić information content (AvgIpc) is 2.93. The second-order valence-corrected chi connectivity index (χ2v) is 5.11. The van der Waals surface area contributed by atoms with Crippen LogP contribution in [0.5, 0.6) is 0 Å². The molecular formula is C15H20N2O4. The molecule has 0 aliphatic carbocycles. The van der Waals surface area contributed by atoms with Crippen LogP contribution in [-0.2, 0) is 20.7 Å². The third-order valence-electron chi connectivity index (χ3n) is 3.49. The number of aryl methyl sites for hydroxylation is 1. The van der Waals surface area contributed by atoms with Gasteiger partial charge in [-0.15, -0.1) is 0 Å². The van der Waals surface area contributed by atoms with Crippen LogP contribution in [0, 0.1) is 0 Å². The van der Waals surface area contributed by atoms with Gasteiger partial charge in [-0.2, -0.15) is 0 Å². The monoisotopic (exact) mass is 292 g/mol. The maximum absolute atomic E-state index is 12.0. The molecule has 1 heterocycles. The van der Waals surface area contributed by atoms with E-state index in [1.165, 1.54) is 7.11 Å². The summed E-state index contributed by atoms with van der Waals surface area (Å²) in [4.78, 5) is 23.0. The molecule has 1 fully saturated rings. The van der Waals surface area contributed by atoms with E-state index in [4.69, 9.17) is 0 Å². The number of hydrogen-bond donors (Lipinski definition) is 3. The van der Waals surface area contributed by atoms with Crippen molar-refractivity contribution in [2.24, 2.45) is 0 Å². The molecule has 1 saturated heterocycles. The Morgan fingerprint density at radius 2 is 2.10 bits per heavy atom. The van der Waals surface area contributed by atoms with Gasteiger partial charge in [0.05, 0.1) is 19.3 Å². The SMILES string of the molecule is COC(=O)CCc1ccc(NC(=O)C2CC(O)CN2)cc1. The topological polar surface area (TPSA) is 87.7 Å². The Bertz CT molecular complexity index is 501. The molecule has 1 aromatic rings. The lowest BCUT2D eigenvalue weighted by molar-refractivity contribution is -0.140. The van der Waals surface area contributed by atoms with E-state index in [1.807, 2.05) is 12.1 Å². The summed E-state index contributed by atoms with van der Waals surface area (Å²) in [6.45, 7) is 0.449. The van der Waals surface area contributed by atoms with E-state index in [0.29, 0.717) is 31.5 Å². The van der Waals surface area contributed by atoms with Crippen LogP contribution in [0.1, 0.15) is 18.4 Å². The van der Waals surface area contributed by atoms with Gasteiger partial charge >= 0.3 is 5.97 Å². The highest BCUT2D eigenvalue weighted by atomic mass is 16.5. The fourth-order valence-corrected chi connectivity index (χ4v) is 2.25. The number of aliphatic hydroxyl groups excluding tert-OH is 1. The third kappa shape index (κ3) is 4.54. The molecule has 0 saturated carbocycles. The molecule has 2 rings (SSSR count). The summed E-state index contributed by atoms with van der Waals surface area (Å²) in [5.74, 6) is -0.382. The van der Waals surface area contributed by atoms with E-state index < -0.39 is 6.10 Å². The minimum atomic E-state index is -0.457. The van der Waals surface area contributed by atoms with Gasteiger partial charge in [-0.1, -0.05) is 12.1 Å². The zero-order valence-corrected chi connectivity index (χ0v) is 12.0. The van der Waals surface area contributed by atoms with Crippen LogP contribution in [0.25, 0.3) is 0 Å². The van der Waals surface area contributed by atoms with E-state index in [0.717, 1.165) is 5.56 Å². The molecule has 1 amide bonds. The molecular weight excluding hydrogens is 272 g/mol. The van der Waals surface area contributed by atoms with Crippen molar-refractivity contribution in [1.82, 2.24) is 5.32 Å². The van der Waals surface area contributed by atoms with Crippen LogP contribution in [-0.4, -0.2) is 42.8 Å². The average molecular weight is 292 g/mol. The molecule has 1 aromatic carbocycles. The quantitative estimate of drug-likeness (QED) is 0.686. The number of aliphatic hydroxyl groups is 1. The number of hydrogen-bond acceptors (Lipinski definition) is 5. The first-order valence-electron chi connectivity index (χ1n) is 6.96. The van der Waals surface area contributed by atoms with Crippen LogP contribution in [0.2, 0.25) is 0 Å². The smallest absolute Gasteiger partial charge is 0.305 e. The zero-order valence-electron chi connectivity index (χ0n) is 12.0. The maximum Gasteiger partial charge on any atom is 0.305 e. The van der Waals surface area contributed by atoms with E-state index >= 15 is 0 Å². The fourth-order valence-electron chi connectivity index (χ4n) is 2.25. The largest absolute Gasteiger partial charge is 0.469 e. The van der Waals surface area contributed by atoms with E-state index in [-0.39, 0.29) is 17.9 Å². The highest BCUT2D eigenvalue weighted by molar-refractivity contribution is 5.95. The Labute approximate surface area is 123 Å². The highest BCUT2D eigenvalue weighted by Gasteiger charge is 2.27. The Hall–Kier alpha value is -1.92. The molecule has 0 radical (unpaired) electrons. The normalized spacial score (nSPS) is 21.0. The molecule has 0 spiro atoms. The number of methoxy groups -OCH3 is 1. The lowest BCUT2D eigenvalue weighted by atomic mass is 10.1. The summed E-state index contributed by atoms with van der Waals surface area (Å²) < 4.78 is 4.59. The summed E-state index contributed by atoms with van der Waals surface area (Å²) in [6, 6.07) is 7.00. The van der Waals surface area contributed by atoms with Crippen LogP contribution >= 0.6 is 0 Å². The maximum atomic E-state index is 12.0. The van der Waals surface area contributed by atoms with E-state index in [9.17, 15) is 14.7 Å². The van der Waals surface area contributed by atoms with Gasteiger partial charge in [-0.3, -0.25) is 9.59 Å². The number of benzene rings is 1. The number of β-amino-alcohol motifs (C(OH)–C–C–N with tert-alkyl or cyclic N) is 1. The third-order valence-corrected chi connectivity index (χ3v) is 3.49. The fraction of sp³-hybridized carbons (Fsp3) is 0.467. The van der Waals surface area contributed by atoms with E-state index in [2.05, 4.69) is 15.4 Å². The van der Waals surface area contributed by atoms with Gasteiger partial charge in [-0.05, 0) is 30.5 Å². The number of esters is 1. The van der Waals surface area contributed by atoms with Crippen molar-refractivity contribution in [3.05, 3.63) is 29.8 Å². The molecule has 0 bridgehead atoms. The number of rotatable bonds is 5. The first-order chi connectivity index (χ1) is 10.1.